The summed E-state index contributed by atoms with van der Waals surface area (Å²) >= 11 is 0. The van der Waals surface area contributed by atoms with Crippen molar-refractivity contribution in [2.24, 2.45) is 0 Å². The zero-order chi connectivity index (χ0) is 22.5. The Morgan fingerprint density at radius 2 is 2.12 bits per heavy atom. The minimum atomic E-state index is -0.346. The van der Waals surface area contributed by atoms with E-state index >= 15 is 0 Å². The van der Waals surface area contributed by atoms with Crippen LogP contribution in [-0.4, -0.2) is 70.1 Å². The van der Waals surface area contributed by atoms with Gasteiger partial charge in [-0.3, -0.25) is 14.7 Å². The highest BCUT2D eigenvalue weighted by atomic mass is 16.6. The summed E-state index contributed by atoms with van der Waals surface area (Å²) < 4.78 is 14.4. The maximum absolute atomic E-state index is 12.4. The lowest BCUT2D eigenvalue weighted by Crippen LogP contribution is -2.45. The first-order chi connectivity index (χ1) is 16.2. The van der Waals surface area contributed by atoms with Crippen molar-refractivity contribution in [1.82, 2.24) is 25.0 Å². The van der Waals surface area contributed by atoms with E-state index in [2.05, 4.69) is 38.5 Å². The summed E-state index contributed by atoms with van der Waals surface area (Å²) in [6.45, 7) is 4.19. The molecule has 8 nitrogen and oxygen atoms in total. The first kappa shape index (κ1) is 21.8. The van der Waals surface area contributed by atoms with Crippen LogP contribution in [0.25, 0.3) is 5.69 Å². The van der Waals surface area contributed by atoms with Crippen LogP contribution in [-0.2, 0) is 16.0 Å². The molecule has 5 rings (SSSR count). The standard InChI is InChI=1S/C25H29N5O3/c31-24(20-6-3-10-26-15-20)27-16-22-8-9-25(33-22)18-29(13-14-32-19-25)17-21-5-1-2-7-23(21)30-12-4-11-28-30/h1-7,10-12,15,22H,8-9,13-14,16-19H2,(H,27,31)/t22-,25+/m0/s1. The molecule has 1 amide bonds. The molecule has 8 heteroatoms. The lowest BCUT2D eigenvalue weighted by atomic mass is 9.99. The average Bonchev–Trinajstić information content (AvgIpc) is 3.47. The number of rotatable bonds is 6. The van der Waals surface area contributed by atoms with Crippen molar-refractivity contribution < 1.29 is 14.3 Å². The Balaban J connectivity index is 1.22. The number of benzene rings is 1. The van der Waals surface area contributed by atoms with E-state index in [9.17, 15) is 4.79 Å². The van der Waals surface area contributed by atoms with Gasteiger partial charge < -0.3 is 14.8 Å². The van der Waals surface area contributed by atoms with Gasteiger partial charge in [0, 0.05) is 51.0 Å². The monoisotopic (exact) mass is 447 g/mol. The number of hydrogen-bond acceptors (Lipinski definition) is 6. The van der Waals surface area contributed by atoms with Crippen molar-refractivity contribution >= 4 is 5.91 Å². The molecule has 1 aromatic carbocycles. The summed E-state index contributed by atoms with van der Waals surface area (Å²) in [4.78, 5) is 18.8. The van der Waals surface area contributed by atoms with Gasteiger partial charge in [-0.25, -0.2) is 4.68 Å². The molecule has 3 aromatic rings. The zero-order valence-corrected chi connectivity index (χ0v) is 18.6. The second kappa shape index (κ2) is 9.82. The number of nitrogens with zero attached hydrogens (tertiary/aromatic N) is 4. The Morgan fingerprint density at radius 1 is 1.18 bits per heavy atom. The van der Waals surface area contributed by atoms with E-state index < -0.39 is 0 Å². The van der Waals surface area contributed by atoms with E-state index in [0.29, 0.717) is 25.3 Å². The van der Waals surface area contributed by atoms with Crippen LogP contribution in [0.4, 0.5) is 0 Å². The van der Waals surface area contributed by atoms with Crippen molar-refractivity contribution in [3.63, 3.8) is 0 Å². The van der Waals surface area contributed by atoms with Gasteiger partial charge in [0.15, 0.2) is 0 Å². The third kappa shape index (κ3) is 5.13. The largest absolute Gasteiger partial charge is 0.377 e. The van der Waals surface area contributed by atoms with E-state index in [1.807, 2.05) is 23.0 Å². The molecule has 0 aliphatic carbocycles. The number of ether oxygens (including phenoxy) is 2. The molecular formula is C25H29N5O3. The Morgan fingerprint density at radius 3 is 2.97 bits per heavy atom. The predicted octanol–water partition coefficient (Wildman–Crippen LogP) is 2.45. The smallest absolute Gasteiger partial charge is 0.252 e. The van der Waals surface area contributed by atoms with Gasteiger partial charge in [-0.1, -0.05) is 18.2 Å². The minimum absolute atomic E-state index is 0.0227. The normalized spacial score (nSPS) is 23.5. The third-order valence-corrected chi connectivity index (χ3v) is 6.32. The Hall–Kier alpha value is -3.07. The Labute approximate surface area is 193 Å². The van der Waals surface area contributed by atoms with Crippen LogP contribution in [0, 0.1) is 0 Å². The maximum atomic E-state index is 12.4. The molecule has 0 saturated carbocycles. The predicted molar refractivity (Wildman–Crippen MR) is 123 cm³/mol. The fourth-order valence-electron chi connectivity index (χ4n) is 4.71. The fraction of sp³-hybridized carbons (Fsp3) is 0.400. The van der Waals surface area contributed by atoms with E-state index in [1.54, 1.807) is 30.7 Å². The fourth-order valence-corrected chi connectivity index (χ4v) is 4.71. The van der Waals surface area contributed by atoms with Crippen LogP contribution < -0.4 is 5.32 Å². The van der Waals surface area contributed by atoms with Crippen LogP contribution in [0.1, 0.15) is 28.8 Å². The first-order valence-corrected chi connectivity index (χ1v) is 11.4. The number of nitrogens with one attached hydrogen (secondary N) is 1. The van der Waals surface area contributed by atoms with Crippen LogP contribution in [0.5, 0.6) is 0 Å². The second-order valence-corrected chi connectivity index (χ2v) is 8.76. The van der Waals surface area contributed by atoms with Gasteiger partial charge >= 0.3 is 0 Å². The van der Waals surface area contributed by atoms with Gasteiger partial charge in [-0.15, -0.1) is 0 Å². The van der Waals surface area contributed by atoms with Gasteiger partial charge in [-0.2, -0.15) is 5.10 Å². The van der Waals surface area contributed by atoms with Crippen molar-refractivity contribution in [3.05, 3.63) is 78.4 Å². The SMILES string of the molecule is O=C(NC[C@@H]1CC[C@@]2(COCCN(Cc3ccccc3-n3cccn3)C2)O1)c1cccnc1. The molecule has 0 radical (unpaired) electrons. The van der Waals surface area contributed by atoms with Crippen LogP contribution in [0.2, 0.25) is 0 Å². The van der Waals surface area contributed by atoms with Gasteiger partial charge in [0.2, 0.25) is 0 Å². The lowest BCUT2D eigenvalue weighted by molar-refractivity contribution is -0.0849. The zero-order valence-electron chi connectivity index (χ0n) is 18.6. The van der Waals surface area contributed by atoms with E-state index in [0.717, 1.165) is 38.2 Å². The first-order valence-electron chi connectivity index (χ1n) is 11.4. The highest BCUT2D eigenvalue weighted by Crippen LogP contribution is 2.33. The number of pyridine rings is 1. The molecule has 2 aromatic heterocycles. The molecule has 2 aliphatic heterocycles. The summed E-state index contributed by atoms with van der Waals surface area (Å²) in [6, 6.07) is 13.8. The highest BCUT2D eigenvalue weighted by Gasteiger charge is 2.43. The Bertz CT molecular complexity index is 1060. The lowest BCUT2D eigenvalue weighted by Gasteiger charge is -2.32. The molecule has 2 fully saturated rings. The molecule has 172 valence electrons. The second-order valence-electron chi connectivity index (χ2n) is 8.76. The third-order valence-electron chi connectivity index (χ3n) is 6.32. The number of amides is 1. The number of aromatic nitrogens is 3. The van der Waals surface area contributed by atoms with Crippen LogP contribution in [0.3, 0.4) is 0 Å². The van der Waals surface area contributed by atoms with Crippen molar-refractivity contribution in [3.8, 4) is 5.69 Å². The molecular weight excluding hydrogens is 418 g/mol. The summed E-state index contributed by atoms with van der Waals surface area (Å²) in [5.41, 5.74) is 2.52. The highest BCUT2D eigenvalue weighted by molar-refractivity contribution is 5.93. The number of hydrogen-bond donors (Lipinski definition) is 1. The number of para-hydroxylation sites is 1. The molecule has 2 aliphatic rings. The summed E-state index contributed by atoms with van der Waals surface area (Å²) in [5, 5.41) is 7.39. The average molecular weight is 448 g/mol. The van der Waals surface area contributed by atoms with Crippen LogP contribution in [0.15, 0.2) is 67.3 Å². The molecule has 1 N–H and O–H groups in total. The van der Waals surface area contributed by atoms with E-state index in [4.69, 9.17) is 9.47 Å². The maximum Gasteiger partial charge on any atom is 0.252 e. The van der Waals surface area contributed by atoms with Gasteiger partial charge in [0.05, 0.1) is 30.6 Å². The van der Waals surface area contributed by atoms with Crippen LogP contribution >= 0.6 is 0 Å². The van der Waals surface area contributed by atoms with E-state index in [1.165, 1.54) is 5.56 Å². The molecule has 2 saturated heterocycles. The summed E-state index contributed by atoms with van der Waals surface area (Å²) in [5.74, 6) is -0.123. The number of carbonyl (C=O) groups is 1. The number of carbonyl (C=O) groups excluding carboxylic acids is 1. The van der Waals surface area contributed by atoms with Crippen molar-refractivity contribution in [1.29, 1.82) is 0 Å². The van der Waals surface area contributed by atoms with Gasteiger partial charge in [0.25, 0.3) is 5.91 Å². The topological polar surface area (TPSA) is 81.5 Å². The minimum Gasteiger partial charge on any atom is -0.377 e. The Kier molecular flexibility index (Phi) is 6.48. The quantitative estimate of drug-likeness (QED) is 0.625. The van der Waals surface area contributed by atoms with Gasteiger partial charge in [-0.05, 0) is 42.7 Å². The summed E-state index contributed by atoms with van der Waals surface area (Å²) in [7, 11) is 0. The summed E-state index contributed by atoms with van der Waals surface area (Å²) in [6.07, 6.45) is 8.79. The van der Waals surface area contributed by atoms with Gasteiger partial charge in [0.1, 0.15) is 5.60 Å². The van der Waals surface area contributed by atoms with E-state index in [-0.39, 0.29) is 17.6 Å². The van der Waals surface area contributed by atoms with Crippen molar-refractivity contribution in [2.75, 3.05) is 32.8 Å². The molecule has 33 heavy (non-hydrogen) atoms. The molecule has 1 spiro atoms. The molecule has 0 unspecified atom stereocenters. The van der Waals surface area contributed by atoms with Crippen molar-refractivity contribution in [2.45, 2.75) is 31.1 Å². The molecule has 4 heterocycles. The molecule has 0 bridgehead atoms. The molecule has 2 atom stereocenters.